The van der Waals surface area contributed by atoms with E-state index in [1.807, 2.05) is 25.1 Å². The second-order valence-electron chi connectivity index (χ2n) is 7.86. The summed E-state index contributed by atoms with van der Waals surface area (Å²) in [6.45, 7) is 1.86. The number of carbonyl (C=O) groups excluding carboxylic acids is 1. The van der Waals surface area contributed by atoms with Crippen LogP contribution in [0, 0.1) is 0 Å². The van der Waals surface area contributed by atoms with Crippen molar-refractivity contribution in [1.82, 2.24) is 14.9 Å². The molecule has 7 nitrogen and oxygen atoms in total. The van der Waals surface area contributed by atoms with E-state index in [-0.39, 0.29) is 22.6 Å². The van der Waals surface area contributed by atoms with E-state index in [0.717, 1.165) is 47.8 Å². The largest absolute Gasteiger partial charge is 0.349 e. The van der Waals surface area contributed by atoms with E-state index in [4.69, 9.17) is 10.1 Å². The zero-order valence-corrected chi connectivity index (χ0v) is 19.5. The maximum Gasteiger partial charge on any atom is 0.238 e. The monoisotopic (exact) mass is 470 g/mol. The number of nitrogens with zero attached hydrogens (tertiary/aromatic N) is 2. The molecule has 0 saturated carbocycles. The summed E-state index contributed by atoms with van der Waals surface area (Å²) in [5.74, 6) is 0.126. The number of imidazole rings is 1. The van der Waals surface area contributed by atoms with Crippen molar-refractivity contribution in [1.29, 1.82) is 0 Å². The fraction of sp³-hybridized carbons (Fsp3) is 0.304. The number of aryl methyl sites for hydroxylation is 1. The summed E-state index contributed by atoms with van der Waals surface area (Å²) in [5.41, 5.74) is 4.24. The molecular formula is C23H26N4O3S2. The average molecular weight is 471 g/mol. The zero-order valence-electron chi connectivity index (χ0n) is 17.8. The SMILES string of the molecule is C[C@H](NC(=O)CSc1nc2c(n1-c1ccccc1)CCCC2)c1ccc(S(N)(=O)=O)cc1. The van der Waals surface area contributed by atoms with Crippen LogP contribution in [0.25, 0.3) is 5.69 Å². The molecule has 0 spiro atoms. The summed E-state index contributed by atoms with van der Waals surface area (Å²) in [7, 11) is -3.74. The number of para-hydroxylation sites is 1. The van der Waals surface area contributed by atoms with Crippen LogP contribution in [0.5, 0.6) is 0 Å². The topological polar surface area (TPSA) is 107 Å². The van der Waals surface area contributed by atoms with Crippen LogP contribution in [-0.4, -0.2) is 29.6 Å². The van der Waals surface area contributed by atoms with Crippen molar-refractivity contribution in [3.05, 3.63) is 71.5 Å². The molecule has 1 aliphatic rings. The number of amides is 1. The molecule has 3 aromatic rings. The summed E-state index contributed by atoms with van der Waals surface area (Å²) in [5, 5.41) is 8.95. The van der Waals surface area contributed by atoms with Crippen LogP contribution in [0.3, 0.4) is 0 Å². The van der Waals surface area contributed by atoms with Gasteiger partial charge in [0.1, 0.15) is 0 Å². The summed E-state index contributed by atoms with van der Waals surface area (Å²) < 4.78 is 25.0. The predicted molar refractivity (Wildman–Crippen MR) is 125 cm³/mol. The Balaban J connectivity index is 1.45. The number of hydrogen-bond acceptors (Lipinski definition) is 5. The molecule has 3 N–H and O–H groups in total. The minimum absolute atomic E-state index is 0.0482. The third-order valence-electron chi connectivity index (χ3n) is 5.53. The third kappa shape index (κ3) is 5.06. The molecule has 168 valence electrons. The number of nitrogens with one attached hydrogen (secondary N) is 1. The van der Waals surface area contributed by atoms with Gasteiger partial charge in [-0.25, -0.2) is 18.5 Å². The van der Waals surface area contributed by atoms with Gasteiger partial charge in [0, 0.05) is 11.4 Å². The average Bonchev–Trinajstić information content (AvgIpc) is 3.16. The number of fused-ring (bicyclic) bond motifs is 1. The van der Waals surface area contributed by atoms with Crippen molar-refractivity contribution in [2.75, 3.05) is 5.75 Å². The smallest absolute Gasteiger partial charge is 0.238 e. The fourth-order valence-corrected chi connectivity index (χ4v) is 5.28. The highest BCUT2D eigenvalue weighted by Crippen LogP contribution is 2.30. The molecule has 0 aliphatic heterocycles. The van der Waals surface area contributed by atoms with Crippen molar-refractivity contribution >= 4 is 27.7 Å². The maximum absolute atomic E-state index is 12.6. The molecule has 2 aromatic carbocycles. The van der Waals surface area contributed by atoms with Gasteiger partial charge in [-0.2, -0.15) is 0 Å². The lowest BCUT2D eigenvalue weighted by atomic mass is 10.0. The van der Waals surface area contributed by atoms with E-state index < -0.39 is 10.0 Å². The molecule has 1 aromatic heterocycles. The van der Waals surface area contributed by atoms with Gasteiger partial charge >= 0.3 is 0 Å². The summed E-state index contributed by atoms with van der Waals surface area (Å²) in [4.78, 5) is 17.5. The number of rotatable bonds is 7. The lowest BCUT2D eigenvalue weighted by molar-refractivity contribution is -0.119. The fourth-order valence-electron chi connectivity index (χ4n) is 3.90. The van der Waals surface area contributed by atoms with Gasteiger partial charge in [0.2, 0.25) is 15.9 Å². The number of sulfonamides is 1. The number of carbonyl (C=O) groups is 1. The molecule has 32 heavy (non-hydrogen) atoms. The van der Waals surface area contributed by atoms with Crippen LogP contribution in [0.15, 0.2) is 64.6 Å². The number of aromatic nitrogens is 2. The zero-order chi connectivity index (χ0) is 22.7. The van der Waals surface area contributed by atoms with Gasteiger partial charge in [-0.05, 0) is 62.4 Å². The van der Waals surface area contributed by atoms with E-state index in [1.54, 1.807) is 12.1 Å². The molecule has 1 atom stereocenters. The number of hydrogen-bond donors (Lipinski definition) is 2. The van der Waals surface area contributed by atoms with Gasteiger partial charge in [0.15, 0.2) is 5.16 Å². The van der Waals surface area contributed by atoms with Crippen molar-refractivity contribution in [3.63, 3.8) is 0 Å². The highest BCUT2D eigenvalue weighted by atomic mass is 32.2. The quantitative estimate of drug-likeness (QED) is 0.515. The Kier molecular flexibility index (Phi) is 6.68. The van der Waals surface area contributed by atoms with E-state index in [0.29, 0.717) is 0 Å². The Morgan fingerprint density at radius 3 is 2.50 bits per heavy atom. The minimum Gasteiger partial charge on any atom is -0.349 e. The molecule has 1 amide bonds. The lowest BCUT2D eigenvalue weighted by Crippen LogP contribution is -2.28. The van der Waals surface area contributed by atoms with Crippen molar-refractivity contribution < 1.29 is 13.2 Å². The van der Waals surface area contributed by atoms with E-state index >= 15 is 0 Å². The van der Waals surface area contributed by atoms with Crippen molar-refractivity contribution in [2.45, 2.75) is 48.7 Å². The predicted octanol–water partition coefficient (Wildman–Crippen LogP) is 3.37. The molecule has 0 saturated heterocycles. The third-order valence-corrected chi connectivity index (χ3v) is 7.40. The molecule has 1 aliphatic carbocycles. The first-order chi connectivity index (χ1) is 15.3. The Morgan fingerprint density at radius 1 is 1.12 bits per heavy atom. The highest BCUT2D eigenvalue weighted by molar-refractivity contribution is 7.99. The van der Waals surface area contributed by atoms with Crippen LogP contribution in [0.2, 0.25) is 0 Å². The van der Waals surface area contributed by atoms with Crippen LogP contribution in [0.1, 0.15) is 42.8 Å². The molecule has 4 rings (SSSR count). The van der Waals surface area contributed by atoms with E-state index in [1.165, 1.54) is 29.6 Å². The number of thioether (sulfide) groups is 1. The number of primary sulfonamides is 1. The molecule has 0 unspecified atom stereocenters. The van der Waals surface area contributed by atoms with Crippen molar-refractivity contribution in [2.24, 2.45) is 5.14 Å². The molecule has 9 heteroatoms. The van der Waals surface area contributed by atoms with Gasteiger partial charge in [-0.3, -0.25) is 9.36 Å². The summed E-state index contributed by atoms with van der Waals surface area (Å²) >= 11 is 1.43. The van der Waals surface area contributed by atoms with Crippen molar-refractivity contribution in [3.8, 4) is 5.69 Å². The van der Waals surface area contributed by atoms with Crippen LogP contribution >= 0.6 is 11.8 Å². The summed E-state index contributed by atoms with van der Waals surface area (Å²) in [6.07, 6.45) is 4.26. The Hall–Kier alpha value is -2.62. The van der Waals surface area contributed by atoms with Crippen LogP contribution < -0.4 is 10.5 Å². The first kappa shape index (κ1) is 22.6. The normalized spacial score (nSPS) is 14.6. The number of benzene rings is 2. The second-order valence-corrected chi connectivity index (χ2v) is 10.4. The molecule has 0 bridgehead atoms. The lowest BCUT2D eigenvalue weighted by Gasteiger charge is -2.16. The molecule has 0 radical (unpaired) electrons. The highest BCUT2D eigenvalue weighted by Gasteiger charge is 2.22. The molecule has 0 fully saturated rings. The van der Waals surface area contributed by atoms with Crippen LogP contribution in [-0.2, 0) is 27.7 Å². The first-order valence-corrected chi connectivity index (χ1v) is 13.1. The van der Waals surface area contributed by atoms with E-state index in [9.17, 15) is 13.2 Å². The van der Waals surface area contributed by atoms with Gasteiger partial charge in [0.25, 0.3) is 0 Å². The van der Waals surface area contributed by atoms with Crippen LogP contribution in [0.4, 0.5) is 0 Å². The molecule has 1 heterocycles. The van der Waals surface area contributed by atoms with Gasteiger partial charge in [-0.1, -0.05) is 42.1 Å². The van der Waals surface area contributed by atoms with Gasteiger partial charge < -0.3 is 5.32 Å². The minimum atomic E-state index is -3.74. The second kappa shape index (κ2) is 9.48. The first-order valence-electron chi connectivity index (χ1n) is 10.5. The van der Waals surface area contributed by atoms with Gasteiger partial charge in [0.05, 0.1) is 22.4 Å². The maximum atomic E-state index is 12.6. The Bertz CT molecular complexity index is 1210. The molecular weight excluding hydrogens is 444 g/mol. The standard InChI is InChI=1S/C23H26N4O3S2/c1-16(17-11-13-19(14-12-17)32(24,29)30)25-22(28)15-31-23-26-20-9-5-6-10-21(20)27(23)18-7-3-2-4-8-18/h2-4,7-8,11-14,16H,5-6,9-10,15H2,1H3,(H,25,28)(H2,24,29,30)/t16-/m0/s1. The Labute approximate surface area is 192 Å². The Morgan fingerprint density at radius 2 is 1.81 bits per heavy atom. The van der Waals surface area contributed by atoms with E-state index in [2.05, 4.69) is 22.0 Å². The number of nitrogens with two attached hydrogens (primary N) is 1. The van der Waals surface area contributed by atoms with Gasteiger partial charge in [-0.15, -0.1) is 0 Å². The summed E-state index contributed by atoms with van der Waals surface area (Å²) in [6, 6.07) is 16.1.